The zero-order valence-electron chi connectivity index (χ0n) is 16.3. The summed E-state index contributed by atoms with van der Waals surface area (Å²) in [7, 11) is 3.16. The summed E-state index contributed by atoms with van der Waals surface area (Å²) in [5.41, 5.74) is 3.06. The Hall–Kier alpha value is -3.33. The first-order valence-electron chi connectivity index (χ1n) is 8.86. The van der Waals surface area contributed by atoms with Gasteiger partial charge in [0.2, 0.25) is 0 Å². The number of hydrazine groups is 1. The van der Waals surface area contributed by atoms with E-state index in [1.807, 2.05) is 24.3 Å². The molecule has 1 atom stereocenters. The molecule has 1 saturated heterocycles. The fourth-order valence-electron chi connectivity index (χ4n) is 2.93. The lowest BCUT2D eigenvalue weighted by atomic mass is 9.92. The van der Waals surface area contributed by atoms with Crippen molar-refractivity contribution in [1.29, 1.82) is 0 Å². The molecule has 0 saturated carbocycles. The molecule has 2 aromatic carbocycles. The lowest BCUT2D eigenvalue weighted by Gasteiger charge is -2.23. The first kappa shape index (κ1) is 20.4. The largest absolute Gasteiger partial charge is 0.497 e. The third-order valence-electron chi connectivity index (χ3n) is 4.68. The molecule has 3 rings (SSSR count). The van der Waals surface area contributed by atoms with E-state index >= 15 is 0 Å². The number of carbonyl (C=O) groups excluding carboxylic acids is 2. The van der Waals surface area contributed by atoms with Gasteiger partial charge in [0.15, 0.2) is 5.11 Å². The van der Waals surface area contributed by atoms with Gasteiger partial charge in [-0.15, -0.1) is 0 Å². The van der Waals surface area contributed by atoms with Crippen LogP contribution in [0.4, 0.5) is 4.79 Å². The van der Waals surface area contributed by atoms with Crippen LogP contribution < -0.4 is 25.5 Å². The molecule has 1 aliphatic heterocycles. The van der Waals surface area contributed by atoms with Gasteiger partial charge in [0, 0.05) is 6.54 Å². The highest BCUT2D eigenvalue weighted by Gasteiger charge is 2.49. The number of nitrogens with zero attached hydrogens (tertiary/aromatic N) is 1. The van der Waals surface area contributed by atoms with Gasteiger partial charge in [0.1, 0.15) is 17.0 Å². The first-order chi connectivity index (χ1) is 13.9. The van der Waals surface area contributed by atoms with Crippen LogP contribution in [0.5, 0.6) is 11.5 Å². The van der Waals surface area contributed by atoms with E-state index in [1.165, 1.54) is 0 Å². The van der Waals surface area contributed by atoms with E-state index in [9.17, 15) is 9.59 Å². The molecule has 29 heavy (non-hydrogen) atoms. The van der Waals surface area contributed by atoms with E-state index < -0.39 is 17.5 Å². The fourth-order valence-corrected chi connectivity index (χ4v) is 3.09. The fraction of sp³-hybridized carbons (Fsp3) is 0.250. The summed E-state index contributed by atoms with van der Waals surface area (Å²) in [5.74, 6) is 0.959. The summed E-state index contributed by atoms with van der Waals surface area (Å²) in [4.78, 5) is 25.3. The van der Waals surface area contributed by atoms with E-state index in [0.717, 1.165) is 16.3 Å². The first-order valence-corrected chi connectivity index (χ1v) is 9.27. The van der Waals surface area contributed by atoms with E-state index in [2.05, 4.69) is 16.1 Å². The minimum Gasteiger partial charge on any atom is -0.497 e. The van der Waals surface area contributed by atoms with Gasteiger partial charge in [-0.3, -0.25) is 10.2 Å². The summed E-state index contributed by atoms with van der Waals surface area (Å²) >= 11 is 5.23. The molecule has 0 bridgehead atoms. The maximum atomic E-state index is 12.9. The monoisotopic (exact) mass is 414 g/mol. The Bertz CT molecular complexity index is 917. The van der Waals surface area contributed by atoms with Crippen LogP contribution in [-0.2, 0) is 16.9 Å². The molecule has 0 unspecified atom stereocenters. The summed E-state index contributed by atoms with van der Waals surface area (Å²) in [6.45, 7) is 2.07. The van der Waals surface area contributed by atoms with Crippen LogP contribution in [0.25, 0.3) is 0 Å². The molecule has 1 heterocycles. The van der Waals surface area contributed by atoms with Crippen molar-refractivity contribution in [2.24, 2.45) is 0 Å². The molecule has 0 radical (unpaired) electrons. The second-order valence-electron chi connectivity index (χ2n) is 6.57. The second-order valence-corrected chi connectivity index (χ2v) is 6.98. The predicted molar refractivity (Wildman–Crippen MR) is 111 cm³/mol. The maximum Gasteiger partial charge on any atom is 0.344 e. The van der Waals surface area contributed by atoms with Crippen molar-refractivity contribution in [2.45, 2.75) is 19.0 Å². The number of rotatable bonds is 6. The minimum absolute atomic E-state index is 0.156. The molecule has 3 amide bonds. The van der Waals surface area contributed by atoms with E-state index in [1.54, 1.807) is 45.4 Å². The molecular formula is C20H22N4O4S. The highest BCUT2D eigenvalue weighted by atomic mass is 32.1. The lowest BCUT2D eigenvalue weighted by molar-refractivity contribution is -0.132. The number of amides is 3. The molecule has 8 nitrogen and oxygen atoms in total. The molecule has 0 aromatic heterocycles. The zero-order chi connectivity index (χ0) is 21.0. The highest BCUT2D eigenvalue weighted by Crippen LogP contribution is 2.29. The SMILES string of the molecule is COc1ccc(CNC(=S)NN2C(=O)N[C@@](C)(c3ccc(OC)cc3)C2=O)cc1. The third kappa shape index (κ3) is 4.24. The molecule has 3 N–H and O–H groups in total. The molecule has 152 valence electrons. The Kier molecular flexibility index (Phi) is 5.88. The smallest absolute Gasteiger partial charge is 0.344 e. The highest BCUT2D eigenvalue weighted by molar-refractivity contribution is 7.80. The summed E-state index contributed by atoms with van der Waals surface area (Å²) < 4.78 is 10.3. The summed E-state index contributed by atoms with van der Waals surface area (Å²) in [5, 5.41) is 6.72. The van der Waals surface area contributed by atoms with Crippen LogP contribution in [0.15, 0.2) is 48.5 Å². The average molecular weight is 414 g/mol. The summed E-state index contributed by atoms with van der Waals surface area (Å²) in [6.07, 6.45) is 0. The molecule has 1 fully saturated rings. The van der Waals surface area contributed by atoms with Gasteiger partial charge < -0.3 is 20.1 Å². The van der Waals surface area contributed by atoms with Crippen LogP contribution in [0.1, 0.15) is 18.1 Å². The van der Waals surface area contributed by atoms with Gasteiger partial charge in [0.05, 0.1) is 14.2 Å². The Morgan fingerprint density at radius 2 is 1.59 bits per heavy atom. The molecular weight excluding hydrogens is 392 g/mol. The Morgan fingerprint density at radius 1 is 1.03 bits per heavy atom. The number of methoxy groups -OCH3 is 2. The van der Waals surface area contributed by atoms with Crippen molar-refractivity contribution in [3.05, 3.63) is 59.7 Å². The van der Waals surface area contributed by atoms with Crippen LogP contribution in [-0.4, -0.2) is 36.3 Å². The van der Waals surface area contributed by atoms with Crippen LogP contribution in [0.3, 0.4) is 0 Å². The third-order valence-corrected chi connectivity index (χ3v) is 4.92. The van der Waals surface area contributed by atoms with Gasteiger partial charge in [-0.1, -0.05) is 24.3 Å². The minimum atomic E-state index is -1.21. The van der Waals surface area contributed by atoms with Crippen molar-refractivity contribution >= 4 is 29.3 Å². The predicted octanol–water partition coefficient (Wildman–Crippen LogP) is 2.05. The number of hydrogen-bond acceptors (Lipinski definition) is 5. The topological polar surface area (TPSA) is 91.9 Å². The molecule has 0 aliphatic carbocycles. The maximum absolute atomic E-state index is 12.9. The van der Waals surface area contributed by atoms with Crippen molar-refractivity contribution in [2.75, 3.05) is 14.2 Å². The van der Waals surface area contributed by atoms with Crippen LogP contribution in [0.2, 0.25) is 0 Å². The van der Waals surface area contributed by atoms with Crippen LogP contribution >= 0.6 is 12.2 Å². The number of nitrogens with one attached hydrogen (secondary N) is 3. The van der Waals surface area contributed by atoms with E-state index in [0.29, 0.717) is 17.9 Å². The van der Waals surface area contributed by atoms with E-state index in [4.69, 9.17) is 21.7 Å². The van der Waals surface area contributed by atoms with Crippen molar-refractivity contribution in [3.8, 4) is 11.5 Å². The van der Waals surface area contributed by atoms with Crippen molar-refractivity contribution < 1.29 is 19.1 Å². The number of hydrogen-bond donors (Lipinski definition) is 3. The van der Waals surface area contributed by atoms with Crippen molar-refractivity contribution in [1.82, 2.24) is 21.1 Å². The average Bonchev–Trinajstić information content (AvgIpc) is 2.96. The molecule has 1 aliphatic rings. The Labute approximate surface area is 174 Å². The molecule has 9 heteroatoms. The normalized spacial score (nSPS) is 18.2. The lowest BCUT2D eigenvalue weighted by Crippen LogP contribution is -2.51. The Balaban J connectivity index is 1.63. The number of thiocarbonyl (C=S) groups is 1. The molecule has 0 spiro atoms. The van der Waals surface area contributed by atoms with Gasteiger partial charge >= 0.3 is 6.03 Å². The van der Waals surface area contributed by atoms with Crippen LogP contribution in [0, 0.1) is 0 Å². The van der Waals surface area contributed by atoms with Gasteiger partial charge in [-0.25, -0.2) is 4.79 Å². The summed E-state index contributed by atoms with van der Waals surface area (Å²) in [6, 6.07) is 13.8. The number of benzene rings is 2. The van der Waals surface area contributed by atoms with Gasteiger partial charge in [-0.2, -0.15) is 5.01 Å². The Morgan fingerprint density at radius 3 is 2.14 bits per heavy atom. The van der Waals surface area contributed by atoms with E-state index in [-0.39, 0.29) is 5.11 Å². The number of urea groups is 1. The standard InChI is InChI=1S/C20H22N4O4S/c1-20(14-6-10-16(28-3)11-7-14)17(25)24(19(26)22-20)23-18(29)21-12-13-4-8-15(27-2)9-5-13/h4-11H,12H2,1-3H3,(H,22,26)(H2,21,23,29)/t20-/m0/s1. The molecule has 2 aromatic rings. The quantitative estimate of drug-likeness (QED) is 0.492. The zero-order valence-corrected chi connectivity index (χ0v) is 17.1. The number of ether oxygens (including phenoxy) is 2. The van der Waals surface area contributed by atoms with Gasteiger partial charge in [-0.05, 0) is 54.5 Å². The van der Waals surface area contributed by atoms with Gasteiger partial charge in [0.25, 0.3) is 5.91 Å². The number of carbonyl (C=O) groups is 2. The second kappa shape index (κ2) is 8.36. The van der Waals surface area contributed by atoms with Crippen molar-refractivity contribution in [3.63, 3.8) is 0 Å². The number of imide groups is 1.